The van der Waals surface area contributed by atoms with E-state index in [4.69, 9.17) is 9.79 Å². The molecule has 0 radical (unpaired) electrons. The molecule has 5 nitrogen and oxygen atoms in total. The van der Waals surface area contributed by atoms with Gasteiger partial charge in [0.05, 0.1) is 0 Å². The normalized spacial score (nSPS) is 9.67. The second kappa shape index (κ2) is 4.10. The minimum absolute atomic E-state index is 0. The second-order valence-corrected chi connectivity index (χ2v) is 2.24. The first-order valence-corrected chi connectivity index (χ1v) is 3.20. The van der Waals surface area contributed by atoms with E-state index in [9.17, 15) is 9.36 Å². The molecule has 0 aliphatic carbocycles. The zero-order valence-corrected chi connectivity index (χ0v) is 5.96. The summed E-state index contributed by atoms with van der Waals surface area (Å²) in [4.78, 5) is 25.5. The van der Waals surface area contributed by atoms with Crippen molar-refractivity contribution < 1.29 is 44.0 Å². The summed E-state index contributed by atoms with van der Waals surface area (Å²) < 4.78 is 13.2. The molecule has 0 rings (SSSR count). The molecule has 0 aliphatic heterocycles. The van der Waals surface area contributed by atoms with Crippen molar-refractivity contribution in [2.45, 2.75) is 6.92 Å². The Labute approximate surface area is 65.3 Å². The largest absolute Gasteiger partial charge is 1.00 e. The molecule has 0 spiro atoms. The van der Waals surface area contributed by atoms with Crippen molar-refractivity contribution >= 4 is 13.8 Å². The number of rotatable bonds is 1. The van der Waals surface area contributed by atoms with Crippen LogP contribution in [0.2, 0.25) is 0 Å². The molecular weight excluding hydrogens is 142 g/mol. The van der Waals surface area contributed by atoms with Crippen molar-refractivity contribution in [3.63, 3.8) is 0 Å². The average molecular weight is 148 g/mol. The fraction of sp³-hybridized carbons (Fsp3) is 0.500. The Morgan fingerprint density at radius 1 is 1.67 bits per heavy atom. The standard InChI is InChI=1S/C2H5O5P.Li.H/c1-2(3)7-8(4,5)6;;/h1H3,(H2,4,5,6);;/q;+1;-1. The predicted octanol–water partition coefficient (Wildman–Crippen LogP) is -3.24. The second-order valence-electron chi connectivity index (χ2n) is 1.07. The van der Waals surface area contributed by atoms with E-state index in [1.165, 1.54) is 0 Å². The van der Waals surface area contributed by atoms with Gasteiger partial charge in [-0.15, -0.1) is 0 Å². The van der Waals surface area contributed by atoms with Crippen LogP contribution in [0.5, 0.6) is 0 Å². The van der Waals surface area contributed by atoms with Gasteiger partial charge in [0.25, 0.3) is 0 Å². The Morgan fingerprint density at radius 2 is 2.00 bits per heavy atom. The van der Waals surface area contributed by atoms with Crippen molar-refractivity contribution in [1.82, 2.24) is 0 Å². The van der Waals surface area contributed by atoms with Crippen LogP contribution in [0.15, 0.2) is 0 Å². The van der Waals surface area contributed by atoms with Crippen LogP contribution in [0, 0.1) is 0 Å². The molecule has 0 atom stereocenters. The van der Waals surface area contributed by atoms with Crippen molar-refractivity contribution in [1.29, 1.82) is 0 Å². The Hall–Kier alpha value is 0.217. The van der Waals surface area contributed by atoms with E-state index in [2.05, 4.69) is 4.52 Å². The monoisotopic (exact) mass is 148 g/mol. The Kier molecular flexibility index (Phi) is 5.44. The molecule has 0 aromatic rings. The number of carbonyl (C=O) groups excluding carboxylic acids is 1. The number of phosphoric ester groups is 1. The van der Waals surface area contributed by atoms with Crippen LogP contribution in [-0.4, -0.2) is 15.8 Å². The fourth-order valence-corrected chi connectivity index (χ4v) is 0.502. The molecule has 0 aromatic carbocycles. The maximum Gasteiger partial charge on any atom is 1.00 e. The van der Waals surface area contributed by atoms with Gasteiger partial charge in [0, 0.05) is 6.92 Å². The molecule has 0 aromatic heterocycles. The van der Waals surface area contributed by atoms with E-state index in [1.54, 1.807) is 0 Å². The van der Waals surface area contributed by atoms with E-state index in [-0.39, 0.29) is 20.3 Å². The van der Waals surface area contributed by atoms with E-state index < -0.39 is 13.8 Å². The average Bonchev–Trinajstić information content (AvgIpc) is 1.21. The van der Waals surface area contributed by atoms with E-state index in [0.717, 1.165) is 6.92 Å². The van der Waals surface area contributed by atoms with Crippen LogP contribution < -0.4 is 18.9 Å². The van der Waals surface area contributed by atoms with E-state index in [0.29, 0.717) is 0 Å². The van der Waals surface area contributed by atoms with Gasteiger partial charge in [0.15, 0.2) is 0 Å². The molecule has 0 aliphatic rings. The molecule has 0 saturated heterocycles. The molecule has 0 bridgehead atoms. The van der Waals surface area contributed by atoms with E-state index >= 15 is 0 Å². The molecule has 50 valence electrons. The van der Waals surface area contributed by atoms with Crippen LogP contribution >= 0.6 is 7.82 Å². The molecule has 0 amide bonds. The van der Waals surface area contributed by atoms with Gasteiger partial charge in [-0.2, -0.15) is 0 Å². The van der Waals surface area contributed by atoms with Gasteiger partial charge in [-0.3, -0.25) is 14.6 Å². The zero-order chi connectivity index (χ0) is 6.78. The van der Waals surface area contributed by atoms with Gasteiger partial charge in [0.1, 0.15) is 0 Å². The third-order valence-electron chi connectivity index (χ3n) is 0.247. The summed E-state index contributed by atoms with van der Waals surface area (Å²) in [7, 11) is -4.57. The number of carbonyl (C=O) groups is 1. The van der Waals surface area contributed by atoms with Gasteiger partial charge in [-0.1, -0.05) is 0 Å². The Bertz CT molecular complexity index is 143. The quantitative estimate of drug-likeness (QED) is 0.301. The third kappa shape index (κ3) is 11.7. The van der Waals surface area contributed by atoms with Crippen LogP contribution in [0.3, 0.4) is 0 Å². The van der Waals surface area contributed by atoms with Gasteiger partial charge in [-0.05, 0) is 0 Å². The first kappa shape index (κ1) is 11.9. The topological polar surface area (TPSA) is 83.8 Å². The molecule has 0 heterocycles. The fourth-order valence-electron chi connectivity index (χ4n) is 0.167. The molecule has 2 N–H and O–H groups in total. The maximum absolute atomic E-state index is 9.74. The predicted molar refractivity (Wildman–Crippen MR) is 24.9 cm³/mol. The number of hydrogen-bond donors (Lipinski definition) is 2. The van der Waals surface area contributed by atoms with Crippen LogP contribution in [0.4, 0.5) is 0 Å². The van der Waals surface area contributed by atoms with Crippen LogP contribution in [0.25, 0.3) is 0 Å². The van der Waals surface area contributed by atoms with Gasteiger partial charge < -0.3 is 5.95 Å². The van der Waals surface area contributed by atoms with Gasteiger partial charge in [-0.25, -0.2) is 4.57 Å². The summed E-state index contributed by atoms with van der Waals surface area (Å²) in [5.41, 5.74) is 0. The van der Waals surface area contributed by atoms with Crippen molar-refractivity contribution in [3.8, 4) is 0 Å². The molecule has 0 unspecified atom stereocenters. The van der Waals surface area contributed by atoms with Crippen molar-refractivity contribution in [2.75, 3.05) is 0 Å². The van der Waals surface area contributed by atoms with Crippen molar-refractivity contribution in [3.05, 3.63) is 0 Å². The van der Waals surface area contributed by atoms with Crippen LogP contribution in [-0.2, 0) is 13.9 Å². The molecule has 9 heavy (non-hydrogen) atoms. The first-order chi connectivity index (χ1) is 3.42. The SMILES string of the molecule is CC(=O)OP(=O)(O)O.[H-].[Li+]. The summed E-state index contributed by atoms with van der Waals surface area (Å²) >= 11 is 0. The zero-order valence-electron chi connectivity index (χ0n) is 6.07. The molecular formula is C2H6LiO5P. The maximum atomic E-state index is 9.74. The summed E-state index contributed by atoms with van der Waals surface area (Å²) in [6.07, 6.45) is 0. The van der Waals surface area contributed by atoms with Crippen molar-refractivity contribution in [2.24, 2.45) is 0 Å². The summed E-state index contributed by atoms with van der Waals surface area (Å²) in [5, 5.41) is 0. The Morgan fingerprint density at radius 3 is 2.00 bits per heavy atom. The minimum Gasteiger partial charge on any atom is -1.00 e. The van der Waals surface area contributed by atoms with Gasteiger partial charge >= 0.3 is 32.7 Å². The van der Waals surface area contributed by atoms with Gasteiger partial charge in [0.2, 0.25) is 0 Å². The smallest absolute Gasteiger partial charge is 1.00 e. The number of phosphoric acid groups is 1. The summed E-state index contributed by atoms with van der Waals surface area (Å²) in [6, 6.07) is 0. The number of hydrogen-bond acceptors (Lipinski definition) is 3. The summed E-state index contributed by atoms with van der Waals surface area (Å²) in [6.45, 7) is 0.916. The van der Waals surface area contributed by atoms with E-state index in [1.807, 2.05) is 0 Å². The first-order valence-electron chi connectivity index (χ1n) is 1.67. The summed E-state index contributed by atoms with van der Waals surface area (Å²) in [5.74, 6) is -0.988. The molecule has 0 fully saturated rings. The minimum atomic E-state index is -4.57. The Balaban J connectivity index is -0.000000245. The van der Waals surface area contributed by atoms with Crippen LogP contribution in [0.1, 0.15) is 8.35 Å². The molecule has 7 heteroatoms. The third-order valence-corrected chi connectivity index (χ3v) is 0.742. The molecule has 0 saturated carbocycles.